The van der Waals surface area contributed by atoms with Gasteiger partial charge in [-0.2, -0.15) is 0 Å². The lowest BCUT2D eigenvalue weighted by Gasteiger charge is -2.10. The summed E-state index contributed by atoms with van der Waals surface area (Å²) in [4.78, 5) is 16.8. The van der Waals surface area contributed by atoms with E-state index < -0.39 is 0 Å². The molecule has 0 atom stereocenters. The molecule has 0 fully saturated rings. The molecule has 1 aromatic carbocycles. The van der Waals surface area contributed by atoms with Crippen molar-refractivity contribution in [3.05, 3.63) is 52.8 Å². The Balaban J connectivity index is 1.83. The van der Waals surface area contributed by atoms with E-state index in [-0.39, 0.29) is 0 Å². The van der Waals surface area contributed by atoms with Gasteiger partial charge < -0.3 is 14.9 Å². The average molecular weight is 350 g/mol. The molecule has 7 heteroatoms. The maximum absolute atomic E-state index is 5.41. The van der Waals surface area contributed by atoms with Crippen LogP contribution in [-0.4, -0.2) is 24.5 Å². The number of aromatic amines is 1. The molecule has 0 aliphatic carbocycles. The summed E-state index contributed by atoms with van der Waals surface area (Å²) in [6.07, 6.45) is 1.79. The SMILES string of the molecule is CCn1c(=S)[nH]c2cc3c(NCc4ccccn4)nc(C)nc3cc21. The quantitative estimate of drug-likeness (QED) is 0.545. The highest BCUT2D eigenvalue weighted by Gasteiger charge is 2.11. The highest BCUT2D eigenvalue weighted by atomic mass is 32.1. The molecule has 0 amide bonds. The molecule has 0 spiro atoms. The lowest BCUT2D eigenvalue weighted by atomic mass is 10.2. The van der Waals surface area contributed by atoms with E-state index in [4.69, 9.17) is 12.2 Å². The van der Waals surface area contributed by atoms with Gasteiger partial charge in [-0.05, 0) is 50.3 Å². The molecule has 6 nitrogen and oxygen atoms in total. The van der Waals surface area contributed by atoms with Gasteiger partial charge in [-0.3, -0.25) is 4.98 Å². The molecular weight excluding hydrogens is 332 g/mol. The van der Waals surface area contributed by atoms with Crippen molar-refractivity contribution in [1.29, 1.82) is 0 Å². The number of nitrogens with zero attached hydrogens (tertiary/aromatic N) is 4. The van der Waals surface area contributed by atoms with Crippen LogP contribution in [0, 0.1) is 11.7 Å². The molecule has 0 saturated carbocycles. The molecule has 0 aliphatic rings. The molecular formula is C18H18N6S. The number of hydrogen-bond acceptors (Lipinski definition) is 5. The number of fused-ring (bicyclic) bond motifs is 2. The number of nitrogens with one attached hydrogen (secondary N) is 2. The van der Waals surface area contributed by atoms with Crippen molar-refractivity contribution in [1.82, 2.24) is 24.5 Å². The van der Waals surface area contributed by atoms with Gasteiger partial charge in [0.1, 0.15) is 11.6 Å². The molecule has 3 heterocycles. The summed E-state index contributed by atoms with van der Waals surface area (Å²) in [5.74, 6) is 1.53. The van der Waals surface area contributed by atoms with Gasteiger partial charge in [-0.15, -0.1) is 0 Å². The predicted octanol–water partition coefficient (Wildman–Crippen LogP) is 3.98. The fourth-order valence-electron chi connectivity index (χ4n) is 3.02. The van der Waals surface area contributed by atoms with E-state index in [0.29, 0.717) is 6.54 Å². The number of benzene rings is 1. The van der Waals surface area contributed by atoms with E-state index >= 15 is 0 Å². The van der Waals surface area contributed by atoms with Crippen molar-refractivity contribution in [2.45, 2.75) is 26.9 Å². The number of aromatic nitrogens is 5. The van der Waals surface area contributed by atoms with Crippen LogP contribution in [0.1, 0.15) is 18.4 Å². The van der Waals surface area contributed by atoms with Crippen LogP contribution in [0.3, 0.4) is 0 Å². The standard InChI is InChI=1S/C18H18N6S/c1-3-24-16-9-14-13(8-15(16)23-18(24)25)17(22-11(2)21-14)20-10-12-6-4-5-7-19-12/h4-9H,3,10H2,1-2H3,(H,23,25)(H,20,21,22). The molecule has 0 bridgehead atoms. The van der Waals surface area contributed by atoms with E-state index in [9.17, 15) is 0 Å². The van der Waals surface area contributed by atoms with E-state index in [1.807, 2.05) is 25.1 Å². The number of pyridine rings is 1. The van der Waals surface area contributed by atoms with E-state index in [1.165, 1.54) is 0 Å². The minimum Gasteiger partial charge on any atom is -0.364 e. The third-order valence-electron chi connectivity index (χ3n) is 4.18. The van der Waals surface area contributed by atoms with Crippen molar-refractivity contribution in [3.63, 3.8) is 0 Å². The Hall–Kier alpha value is -2.80. The molecule has 2 N–H and O–H groups in total. The highest BCUT2D eigenvalue weighted by molar-refractivity contribution is 7.71. The first-order valence-corrected chi connectivity index (χ1v) is 8.61. The predicted molar refractivity (Wildman–Crippen MR) is 102 cm³/mol. The third-order valence-corrected chi connectivity index (χ3v) is 4.50. The Morgan fingerprint density at radius 1 is 1.24 bits per heavy atom. The third kappa shape index (κ3) is 2.87. The summed E-state index contributed by atoms with van der Waals surface area (Å²) >= 11 is 5.41. The van der Waals surface area contributed by atoms with Gasteiger partial charge in [0, 0.05) is 18.1 Å². The summed E-state index contributed by atoms with van der Waals surface area (Å²) in [6, 6.07) is 10.0. The molecule has 0 aliphatic heterocycles. The summed E-state index contributed by atoms with van der Waals surface area (Å²) in [6.45, 7) is 5.41. The molecule has 4 rings (SSSR count). The Labute approximate surface area is 150 Å². The fourth-order valence-corrected chi connectivity index (χ4v) is 3.36. The Kier molecular flexibility index (Phi) is 3.93. The summed E-state index contributed by atoms with van der Waals surface area (Å²) in [7, 11) is 0. The molecule has 3 aromatic heterocycles. The van der Waals surface area contributed by atoms with Crippen LogP contribution < -0.4 is 5.32 Å². The molecule has 0 radical (unpaired) electrons. The number of rotatable bonds is 4. The fraction of sp³-hybridized carbons (Fsp3) is 0.222. The minimum atomic E-state index is 0.608. The van der Waals surface area contributed by atoms with Gasteiger partial charge in [-0.25, -0.2) is 9.97 Å². The summed E-state index contributed by atoms with van der Waals surface area (Å²) in [5, 5.41) is 4.35. The van der Waals surface area contributed by atoms with E-state index in [0.717, 1.165) is 50.6 Å². The van der Waals surface area contributed by atoms with Gasteiger partial charge in [0.2, 0.25) is 0 Å². The average Bonchev–Trinajstić information content (AvgIpc) is 2.92. The lowest BCUT2D eigenvalue weighted by Crippen LogP contribution is -2.05. The number of imidazole rings is 1. The summed E-state index contributed by atoms with van der Waals surface area (Å²) in [5.41, 5.74) is 3.92. The highest BCUT2D eigenvalue weighted by Crippen LogP contribution is 2.26. The van der Waals surface area contributed by atoms with Crippen molar-refractivity contribution in [3.8, 4) is 0 Å². The number of anilines is 1. The number of aryl methyl sites for hydroxylation is 2. The number of hydrogen-bond donors (Lipinski definition) is 2. The topological polar surface area (TPSA) is 71.4 Å². The largest absolute Gasteiger partial charge is 0.364 e. The molecule has 126 valence electrons. The Morgan fingerprint density at radius 2 is 2.12 bits per heavy atom. The first-order chi connectivity index (χ1) is 12.2. The Morgan fingerprint density at radius 3 is 2.88 bits per heavy atom. The second-order valence-electron chi connectivity index (χ2n) is 5.85. The van der Waals surface area contributed by atoms with Crippen molar-refractivity contribution in [2.24, 2.45) is 0 Å². The monoisotopic (exact) mass is 350 g/mol. The van der Waals surface area contributed by atoms with Crippen LogP contribution in [-0.2, 0) is 13.1 Å². The van der Waals surface area contributed by atoms with Crippen LogP contribution in [0.4, 0.5) is 5.82 Å². The second kappa shape index (κ2) is 6.25. The van der Waals surface area contributed by atoms with Crippen LogP contribution in [0.2, 0.25) is 0 Å². The van der Waals surface area contributed by atoms with Gasteiger partial charge in [-0.1, -0.05) is 6.07 Å². The van der Waals surface area contributed by atoms with Gasteiger partial charge in [0.05, 0.1) is 28.8 Å². The van der Waals surface area contributed by atoms with E-state index in [2.05, 4.69) is 48.9 Å². The van der Waals surface area contributed by atoms with Crippen LogP contribution >= 0.6 is 12.2 Å². The van der Waals surface area contributed by atoms with Crippen LogP contribution in [0.15, 0.2) is 36.5 Å². The zero-order chi connectivity index (χ0) is 17.4. The van der Waals surface area contributed by atoms with E-state index in [1.54, 1.807) is 6.20 Å². The first-order valence-electron chi connectivity index (χ1n) is 8.20. The second-order valence-corrected chi connectivity index (χ2v) is 6.24. The van der Waals surface area contributed by atoms with Crippen molar-refractivity contribution < 1.29 is 0 Å². The lowest BCUT2D eigenvalue weighted by molar-refractivity contribution is 0.774. The zero-order valence-corrected chi connectivity index (χ0v) is 14.9. The zero-order valence-electron chi connectivity index (χ0n) is 14.1. The first kappa shape index (κ1) is 15.7. The maximum atomic E-state index is 5.41. The molecule has 4 aromatic rings. The van der Waals surface area contributed by atoms with Crippen LogP contribution in [0.25, 0.3) is 21.9 Å². The van der Waals surface area contributed by atoms with Crippen molar-refractivity contribution >= 4 is 40.0 Å². The number of H-pyrrole nitrogens is 1. The molecule has 0 saturated heterocycles. The summed E-state index contributed by atoms with van der Waals surface area (Å²) < 4.78 is 2.79. The molecule has 25 heavy (non-hydrogen) atoms. The van der Waals surface area contributed by atoms with Crippen molar-refractivity contribution in [2.75, 3.05) is 5.32 Å². The maximum Gasteiger partial charge on any atom is 0.178 e. The van der Waals surface area contributed by atoms with Gasteiger partial charge in [0.15, 0.2) is 4.77 Å². The minimum absolute atomic E-state index is 0.608. The Bertz CT molecular complexity index is 1110. The smallest absolute Gasteiger partial charge is 0.178 e. The molecule has 0 unspecified atom stereocenters. The van der Waals surface area contributed by atoms with Gasteiger partial charge >= 0.3 is 0 Å². The van der Waals surface area contributed by atoms with Crippen LogP contribution in [0.5, 0.6) is 0 Å². The van der Waals surface area contributed by atoms with Gasteiger partial charge in [0.25, 0.3) is 0 Å². The normalized spacial score (nSPS) is 11.3.